The zero-order valence-electron chi connectivity index (χ0n) is 24.6. The van der Waals surface area contributed by atoms with Crippen molar-refractivity contribution in [2.45, 2.75) is 217 Å². The van der Waals surface area contributed by atoms with Crippen LogP contribution < -0.4 is 0 Å². The summed E-state index contributed by atoms with van der Waals surface area (Å²) in [6.45, 7) is 2.35. The summed E-state index contributed by atoms with van der Waals surface area (Å²) in [7, 11) is 0. The lowest BCUT2D eigenvalue weighted by molar-refractivity contribution is -0.0916. The van der Waals surface area contributed by atoms with Gasteiger partial charge in [0.05, 0.1) is 6.17 Å². The third-order valence-electron chi connectivity index (χ3n) is 10.7. The van der Waals surface area contributed by atoms with Crippen LogP contribution in [0.3, 0.4) is 0 Å². The Balaban J connectivity index is 1.55. The van der Waals surface area contributed by atoms with Crippen LogP contribution in [0.25, 0.3) is 0 Å². The fraction of sp³-hybridized carbons (Fsp3) is 1.00. The van der Waals surface area contributed by atoms with E-state index in [2.05, 4.69) is 16.7 Å². The maximum atomic E-state index is 3.28. The molecule has 0 aromatic heterocycles. The lowest BCUT2D eigenvalue weighted by Gasteiger charge is -2.55. The van der Waals surface area contributed by atoms with Gasteiger partial charge in [-0.3, -0.25) is 9.80 Å². The average Bonchev–Trinajstić information content (AvgIpc) is 2.95. The number of hydrogen-bond donors (Lipinski definition) is 0. The normalized spacial score (nSPS) is 24.3. The van der Waals surface area contributed by atoms with Crippen LogP contribution in [0.1, 0.15) is 187 Å². The van der Waals surface area contributed by atoms with E-state index >= 15 is 0 Å². The van der Waals surface area contributed by atoms with E-state index in [-0.39, 0.29) is 0 Å². The molecular weight excluding hydrogens is 436 g/mol. The first-order chi connectivity index (χ1) is 17.9. The van der Waals surface area contributed by atoms with Crippen molar-refractivity contribution in [3.05, 3.63) is 0 Å². The molecule has 0 aromatic carbocycles. The van der Waals surface area contributed by atoms with Crippen molar-refractivity contribution in [1.82, 2.24) is 9.80 Å². The van der Waals surface area contributed by atoms with Crippen LogP contribution in [-0.2, 0) is 0 Å². The maximum absolute atomic E-state index is 3.28. The van der Waals surface area contributed by atoms with Crippen molar-refractivity contribution in [3.63, 3.8) is 0 Å². The second-order valence-electron chi connectivity index (χ2n) is 13.5. The molecule has 4 aliphatic rings. The molecule has 0 atom stereocenters. The molecule has 4 saturated carbocycles. The van der Waals surface area contributed by atoms with Gasteiger partial charge in [-0.15, -0.1) is 0 Å². The van der Waals surface area contributed by atoms with Gasteiger partial charge < -0.3 is 0 Å². The van der Waals surface area contributed by atoms with Gasteiger partial charge in [-0.2, -0.15) is 0 Å². The number of hydrogen-bond acceptors (Lipinski definition) is 2. The Morgan fingerprint density at radius 2 is 0.722 bits per heavy atom. The largest absolute Gasteiger partial charge is 0.282 e. The summed E-state index contributed by atoms with van der Waals surface area (Å²) >= 11 is 0. The van der Waals surface area contributed by atoms with Crippen LogP contribution in [-0.4, -0.2) is 40.1 Å². The first-order valence-electron chi connectivity index (χ1n) is 17.4. The van der Waals surface area contributed by atoms with Crippen molar-refractivity contribution in [2.24, 2.45) is 0 Å². The van der Waals surface area contributed by atoms with Gasteiger partial charge in [0.1, 0.15) is 0 Å². The minimum Gasteiger partial charge on any atom is -0.282 e. The molecule has 0 radical (unpaired) electrons. The number of unbranched alkanes of at least 4 members (excludes halogenated alkanes) is 6. The van der Waals surface area contributed by atoms with Crippen molar-refractivity contribution < 1.29 is 0 Å². The minimum absolute atomic E-state index is 0.748. The molecule has 0 aliphatic heterocycles. The van der Waals surface area contributed by atoms with E-state index in [1.807, 2.05) is 0 Å². The predicted molar refractivity (Wildman–Crippen MR) is 158 cm³/mol. The fourth-order valence-corrected chi connectivity index (χ4v) is 8.82. The second-order valence-corrected chi connectivity index (χ2v) is 13.5. The summed E-state index contributed by atoms with van der Waals surface area (Å²) in [6.07, 6.45) is 42.2. The standard InChI is InChI=1S/C34H64N2/c1-2-3-4-5-6-7-20-29-34(35(30-21-12-8-13-22-30)31-23-14-9-15-24-31)36(32-25-16-10-17-26-32)33-27-18-11-19-28-33/h30-34H,2-29H2,1H3. The highest BCUT2D eigenvalue weighted by Crippen LogP contribution is 2.39. The van der Waals surface area contributed by atoms with Crippen LogP contribution in [0.2, 0.25) is 0 Å². The van der Waals surface area contributed by atoms with Crippen molar-refractivity contribution in [3.8, 4) is 0 Å². The fourth-order valence-electron chi connectivity index (χ4n) is 8.82. The van der Waals surface area contributed by atoms with E-state index in [9.17, 15) is 0 Å². The van der Waals surface area contributed by atoms with Crippen molar-refractivity contribution >= 4 is 0 Å². The summed E-state index contributed by atoms with van der Waals surface area (Å²) in [5.74, 6) is 0. The summed E-state index contributed by atoms with van der Waals surface area (Å²) in [5.41, 5.74) is 0. The van der Waals surface area contributed by atoms with Gasteiger partial charge in [-0.05, 0) is 57.8 Å². The molecule has 2 heteroatoms. The Labute approximate surface area is 226 Å². The van der Waals surface area contributed by atoms with E-state index in [1.165, 1.54) is 180 Å². The van der Waals surface area contributed by atoms with Gasteiger partial charge in [0.2, 0.25) is 0 Å². The van der Waals surface area contributed by atoms with Gasteiger partial charge >= 0.3 is 0 Å². The molecule has 4 rings (SSSR count). The van der Waals surface area contributed by atoms with Gasteiger partial charge in [-0.1, -0.05) is 129 Å². The van der Waals surface area contributed by atoms with Crippen LogP contribution >= 0.6 is 0 Å². The highest BCUT2D eigenvalue weighted by Gasteiger charge is 2.41. The lowest BCUT2D eigenvalue weighted by Crippen LogP contribution is -2.62. The zero-order valence-corrected chi connectivity index (χ0v) is 24.6. The van der Waals surface area contributed by atoms with E-state index in [0.29, 0.717) is 0 Å². The van der Waals surface area contributed by atoms with Crippen LogP contribution in [0.5, 0.6) is 0 Å². The topological polar surface area (TPSA) is 6.48 Å². The lowest BCUT2D eigenvalue weighted by atomic mass is 9.84. The van der Waals surface area contributed by atoms with E-state index in [1.54, 1.807) is 0 Å². The monoisotopic (exact) mass is 501 g/mol. The Hall–Kier alpha value is -0.0800. The third kappa shape index (κ3) is 8.72. The quantitative estimate of drug-likeness (QED) is 0.173. The molecule has 0 aromatic rings. The second kappa shape index (κ2) is 16.8. The van der Waals surface area contributed by atoms with Gasteiger partial charge in [0.25, 0.3) is 0 Å². The smallest absolute Gasteiger partial charge is 0.0632 e. The number of rotatable bonds is 14. The average molecular weight is 501 g/mol. The molecule has 4 fully saturated rings. The van der Waals surface area contributed by atoms with E-state index in [0.717, 1.165) is 30.3 Å². The molecule has 0 heterocycles. The number of nitrogens with zero attached hydrogens (tertiary/aromatic N) is 2. The van der Waals surface area contributed by atoms with E-state index in [4.69, 9.17) is 0 Å². The SMILES string of the molecule is CCCCCCCCCC(N(C1CCCCC1)C1CCCCC1)N(C1CCCCC1)C1CCCCC1. The third-order valence-corrected chi connectivity index (χ3v) is 10.7. The Bertz CT molecular complexity index is 461. The summed E-state index contributed by atoms with van der Waals surface area (Å²) in [6, 6.07) is 3.52. The molecule has 210 valence electrons. The molecule has 2 nitrogen and oxygen atoms in total. The first-order valence-corrected chi connectivity index (χ1v) is 17.4. The van der Waals surface area contributed by atoms with Crippen molar-refractivity contribution in [2.75, 3.05) is 0 Å². The van der Waals surface area contributed by atoms with Crippen LogP contribution in [0.15, 0.2) is 0 Å². The highest BCUT2D eigenvalue weighted by atomic mass is 15.4. The highest BCUT2D eigenvalue weighted by molar-refractivity contribution is 4.94. The van der Waals surface area contributed by atoms with Gasteiger partial charge in [0, 0.05) is 24.2 Å². The zero-order chi connectivity index (χ0) is 24.8. The van der Waals surface area contributed by atoms with Gasteiger partial charge in [-0.25, -0.2) is 0 Å². The Kier molecular flexibility index (Phi) is 13.5. The summed E-state index contributed by atoms with van der Waals surface area (Å²) in [5, 5.41) is 0. The summed E-state index contributed by atoms with van der Waals surface area (Å²) in [4.78, 5) is 6.55. The Morgan fingerprint density at radius 3 is 1.06 bits per heavy atom. The first kappa shape index (κ1) is 28.9. The maximum Gasteiger partial charge on any atom is 0.0632 e. The van der Waals surface area contributed by atoms with Gasteiger partial charge in [0.15, 0.2) is 0 Å². The molecule has 0 saturated heterocycles. The molecule has 0 amide bonds. The summed E-state index contributed by atoms with van der Waals surface area (Å²) < 4.78 is 0. The van der Waals surface area contributed by atoms with E-state index < -0.39 is 0 Å². The molecule has 36 heavy (non-hydrogen) atoms. The molecule has 4 aliphatic carbocycles. The molecule has 0 bridgehead atoms. The molecule has 0 N–H and O–H groups in total. The van der Waals surface area contributed by atoms with Crippen LogP contribution in [0, 0.1) is 0 Å². The molecule has 0 unspecified atom stereocenters. The minimum atomic E-state index is 0.748. The van der Waals surface area contributed by atoms with Crippen molar-refractivity contribution in [1.29, 1.82) is 0 Å². The Morgan fingerprint density at radius 1 is 0.417 bits per heavy atom. The molecule has 0 spiro atoms. The van der Waals surface area contributed by atoms with Crippen LogP contribution in [0.4, 0.5) is 0 Å². The molecular formula is C34H64N2. The predicted octanol–water partition coefficient (Wildman–Crippen LogP) is 10.4.